The van der Waals surface area contributed by atoms with E-state index in [-0.39, 0.29) is 5.78 Å². The zero-order valence-corrected chi connectivity index (χ0v) is 9.20. The van der Waals surface area contributed by atoms with E-state index in [9.17, 15) is 4.79 Å². The minimum atomic E-state index is 0.0914. The highest BCUT2D eigenvalue weighted by Crippen LogP contribution is 2.18. The zero-order valence-electron chi connectivity index (χ0n) is 8.38. The Hall–Kier alpha value is -1.58. The van der Waals surface area contributed by atoms with Crippen molar-refractivity contribution in [2.24, 2.45) is 5.11 Å². The van der Waals surface area contributed by atoms with Gasteiger partial charge in [0.1, 0.15) is 0 Å². The second kappa shape index (κ2) is 6.01. The second-order valence-corrected chi connectivity index (χ2v) is 4.02. The lowest BCUT2D eigenvalue weighted by Gasteiger charge is -1.85. The van der Waals surface area contributed by atoms with Crippen LogP contribution in [0, 0.1) is 0 Å². The van der Waals surface area contributed by atoms with Crippen molar-refractivity contribution in [2.45, 2.75) is 13.3 Å². The Morgan fingerprint density at radius 1 is 1.67 bits per heavy atom. The van der Waals surface area contributed by atoms with Crippen molar-refractivity contribution in [3.8, 4) is 0 Å². The summed E-state index contributed by atoms with van der Waals surface area (Å²) in [6.07, 6.45) is 4.59. The van der Waals surface area contributed by atoms with Gasteiger partial charge < -0.3 is 0 Å². The molecule has 0 amide bonds. The van der Waals surface area contributed by atoms with Crippen molar-refractivity contribution in [1.82, 2.24) is 0 Å². The maximum atomic E-state index is 11.0. The summed E-state index contributed by atoms with van der Waals surface area (Å²) in [5, 5.41) is 3.42. The summed E-state index contributed by atoms with van der Waals surface area (Å²) in [6.45, 7) is 2.03. The lowest BCUT2D eigenvalue weighted by molar-refractivity contribution is 0.102. The highest BCUT2D eigenvalue weighted by atomic mass is 32.1. The molecule has 0 aromatic carbocycles. The predicted molar refractivity (Wildman–Crippen MR) is 62.0 cm³/mol. The lowest BCUT2D eigenvalue weighted by Crippen LogP contribution is -1.83. The van der Waals surface area contributed by atoms with E-state index < -0.39 is 0 Å². The first-order valence-electron chi connectivity index (χ1n) is 4.52. The van der Waals surface area contributed by atoms with Crippen LogP contribution < -0.4 is 0 Å². The molecule has 0 unspecified atom stereocenters. The number of hydrogen-bond donors (Lipinski definition) is 0. The van der Waals surface area contributed by atoms with Crippen LogP contribution in [0.4, 0.5) is 0 Å². The number of rotatable bonds is 5. The number of Topliss-reactive ketones (excluding diaryl/α,β-unsaturated/α-hetero) is 1. The predicted octanol–water partition coefficient (Wildman–Crippen LogP) is 3.66. The number of carbonyl (C=O) groups excluding carboxylic acids is 1. The molecule has 0 bridgehead atoms. The smallest absolute Gasteiger partial charge is 0.169 e. The van der Waals surface area contributed by atoms with Gasteiger partial charge in [-0.2, -0.15) is 0 Å². The summed E-state index contributed by atoms with van der Waals surface area (Å²) in [7, 11) is 0. The summed E-state index contributed by atoms with van der Waals surface area (Å²) >= 11 is 1.46. The normalized spacial score (nSPS) is 10.2. The molecule has 0 fully saturated rings. The summed E-state index contributed by atoms with van der Waals surface area (Å²) in [5.74, 6) is 0.0914. The standard InChI is InChI=1S/C10H11N3OS/c1-8(14)10-6-5-9(15-10)4-2-3-7-12-13-11/h2,4-6H,3,7H2,1H3. The molecule has 0 atom stereocenters. The van der Waals surface area contributed by atoms with Gasteiger partial charge in [-0.05, 0) is 37.1 Å². The van der Waals surface area contributed by atoms with Crippen molar-refractivity contribution in [3.05, 3.63) is 38.4 Å². The van der Waals surface area contributed by atoms with E-state index in [1.54, 1.807) is 6.92 Å². The minimum absolute atomic E-state index is 0.0914. The Balaban J connectivity index is 2.49. The fourth-order valence-electron chi connectivity index (χ4n) is 1.01. The van der Waals surface area contributed by atoms with Crippen LogP contribution in [0.5, 0.6) is 0 Å². The molecule has 78 valence electrons. The van der Waals surface area contributed by atoms with Gasteiger partial charge in [-0.1, -0.05) is 11.2 Å². The fourth-order valence-corrected chi connectivity index (χ4v) is 1.84. The molecular weight excluding hydrogens is 210 g/mol. The van der Waals surface area contributed by atoms with Gasteiger partial charge in [-0.15, -0.1) is 11.3 Å². The molecular formula is C10H11N3OS. The maximum absolute atomic E-state index is 11.0. The summed E-state index contributed by atoms with van der Waals surface area (Å²) < 4.78 is 0. The van der Waals surface area contributed by atoms with Gasteiger partial charge >= 0.3 is 0 Å². The van der Waals surface area contributed by atoms with Crippen LogP contribution in [0.1, 0.15) is 27.9 Å². The first-order valence-corrected chi connectivity index (χ1v) is 5.34. The van der Waals surface area contributed by atoms with Crippen LogP contribution >= 0.6 is 11.3 Å². The van der Waals surface area contributed by atoms with E-state index >= 15 is 0 Å². The van der Waals surface area contributed by atoms with E-state index in [0.29, 0.717) is 6.54 Å². The quantitative estimate of drug-likeness (QED) is 0.246. The van der Waals surface area contributed by atoms with Crippen LogP contribution in [0.2, 0.25) is 0 Å². The number of azide groups is 1. The van der Waals surface area contributed by atoms with Gasteiger partial charge in [0.2, 0.25) is 0 Å². The third-order valence-corrected chi connectivity index (χ3v) is 2.87. The molecule has 15 heavy (non-hydrogen) atoms. The fraction of sp³-hybridized carbons (Fsp3) is 0.300. The third kappa shape index (κ3) is 3.97. The van der Waals surface area contributed by atoms with Gasteiger partial charge in [-0.25, -0.2) is 0 Å². The Kier molecular flexibility index (Phi) is 4.60. The highest BCUT2D eigenvalue weighted by Gasteiger charge is 2.01. The van der Waals surface area contributed by atoms with Crippen LogP contribution in [0.3, 0.4) is 0 Å². The summed E-state index contributed by atoms with van der Waals surface area (Å²) in [6, 6.07) is 3.73. The number of ketones is 1. The molecule has 5 heteroatoms. The first-order chi connectivity index (χ1) is 7.24. The monoisotopic (exact) mass is 221 g/mol. The number of thiophene rings is 1. The maximum Gasteiger partial charge on any atom is 0.169 e. The van der Waals surface area contributed by atoms with Crippen molar-refractivity contribution < 1.29 is 4.79 Å². The lowest BCUT2D eigenvalue weighted by atomic mass is 10.3. The van der Waals surface area contributed by atoms with E-state index in [2.05, 4.69) is 10.0 Å². The van der Waals surface area contributed by atoms with E-state index in [1.165, 1.54) is 11.3 Å². The Bertz CT molecular complexity index is 416. The second-order valence-electron chi connectivity index (χ2n) is 2.90. The Morgan fingerprint density at radius 3 is 3.07 bits per heavy atom. The molecule has 4 nitrogen and oxygen atoms in total. The van der Waals surface area contributed by atoms with Gasteiger partial charge in [0.15, 0.2) is 5.78 Å². The molecule has 0 saturated carbocycles. The van der Waals surface area contributed by atoms with Crippen LogP contribution in [0.25, 0.3) is 16.5 Å². The average Bonchev–Trinajstić information content (AvgIpc) is 2.66. The van der Waals surface area contributed by atoms with Crippen molar-refractivity contribution in [2.75, 3.05) is 6.54 Å². The molecule has 0 saturated heterocycles. The molecule has 0 spiro atoms. The van der Waals surface area contributed by atoms with E-state index in [4.69, 9.17) is 5.53 Å². The molecule has 0 N–H and O–H groups in total. The Labute approximate surface area is 91.9 Å². The molecule has 0 radical (unpaired) electrons. The number of nitrogens with zero attached hydrogens (tertiary/aromatic N) is 3. The molecule has 1 rings (SSSR count). The van der Waals surface area contributed by atoms with Crippen molar-refractivity contribution in [1.29, 1.82) is 0 Å². The third-order valence-electron chi connectivity index (χ3n) is 1.71. The van der Waals surface area contributed by atoms with Crippen molar-refractivity contribution in [3.63, 3.8) is 0 Å². The highest BCUT2D eigenvalue weighted by molar-refractivity contribution is 7.14. The molecule has 0 aliphatic heterocycles. The number of hydrogen-bond acceptors (Lipinski definition) is 3. The average molecular weight is 221 g/mol. The van der Waals surface area contributed by atoms with Gasteiger partial charge in [0.05, 0.1) is 4.88 Å². The SMILES string of the molecule is CC(=O)c1ccc(C=CCCN=[N+]=[N-])s1. The molecule has 0 aliphatic carbocycles. The van der Waals surface area contributed by atoms with Crippen LogP contribution in [-0.2, 0) is 0 Å². The minimum Gasteiger partial charge on any atom is -0.294 e. The van der Waals surface area contributed by atoms with E-state index in [0.717, 1.165) is 16.2 Å². The molecule has 0 aliphatic rings. The van der Waals surface area contributed by atoms with E-state index in [1.807, 2.05) is 24.3 Å². The first kappa shape index (κ1) is 11.5. The molecule has 1 aromatic heterocycles. The summed E-state index contributed by atoms with van der Waals surface area (Å²) in [4.78, 5) is 15.5. The zero-order chi connectivity index (χ0) is 11.1. The van der Waals surface area contributed by atoms with Crippen molar-refractivity contribution >= 4 is 23.2 Å². The van der Waals surface area contributed by atoms with Crippen LogP contribution in [0.15, 0.2) is 23.3 Å². The summed E-state index contributed by atoms with van der Waals surface area (Å²) in [5.41, 5.74) is 8.05. The van der Waals surface area contributed by atoms with Gasteiger partial charge in [0.25, 0.3) is 0 Å². The molecule has 1 heterocycles. The Morgan fingerprint density at radius 2 is 2.47 bits per heavy atom. The molecule has 1 aromatic rings. The van der Waals surface area contributed by atoms with Crippen LogP contribution in [-0.4, -0.2) is 12.3 Å². The van der Waals surface area contributed by atoms with Gasteiger partial charge in [-0.3, -0.25) is 4.79 Å². The topological polar surface area (TPSA) is 65.8 Å². The number of carbonyl (C=O) groups is 1. The van der Waals surface area contributed by atoms with Gasteiger partial charge in [0, 0.05) is 16.3 Å². The largest absolute Gasteiger partial charge is 0.294 e.